The van der Waals surface area contributed by atoms with Crippen LogP contribution in [0, 0.1) is 0 Å². The summed E-state index contributed by atoms with van der Waals surface area (Å²) in [6, 6.07) is 3.44. The minimum Gasteiger partial charge on any atom is -0.381 e. The average molecular weight is 316 g/mol. The van der Waals surface area contributed by atoms with E-state index >= 15 is 0 Å². The third-order valence-corrected chi connectivity index (χ3v) is 5.60. The van der Waals surface area contributed by atoms with Gasteiger partial charge in [-0.2, -0.15) is 0 Å². The lowest BCUT2D eigenvalue weighted by molar-refractivity contribution is 0.0845. The van der Waals surface area contributed by atoms with Gasteiger partial charge in [0.05, 0.1) is 0 Å². The van der Waals surface area contributed by atoms with Crippen LogP contribution in [-0.4, -0.2) is 48.4 Å². The highest BCUT2D eigenvalue weighted by Crippen LogP contribution is 2.27. The van der Waals surface area contributed by atoms with Crippen molar-refractivity contribution in [1.82, 2.24) is 15.3 Å². The first kappa shape index (κ1) is 15.3. The smallest absolute Gasteiger partial charge is 0.225 e. The van der Waals surface area contributed by atoms with Crippen molar-refractivity contribution in [3.8, 4) is 0 Å². The molecule has 126 valence electrons. The van der Waals surface area contributed by atoms with E-state index in [1.165, 1.54) is 37.8 Å². The second kappa shape index (κ2) is 7.14. The largest absolute Gasteiger partial charge is 0.381 e. The van der Waals surface area contributed by atoms with E-state index in [2.05, 4.69) is 21.3 Å². The maximum Gasteiger partial charge on any atom is 0.225 e. The molecule has 23 heavy (non-hydrogen) atoms. The molecule has 5 nitrogen and oxygen atoms in total. The summed E-state index contributed by atoms with van der Waals surface area (Å²) >= 11 is 0. The van der Waals surface area contributed by atoms with Crippen LogP contribution < -0.4 is 10.2 Å². The van der Waals surface area contributed by atoms with Crippen LogP contribution in [0.4, 0.5) is 5.95 Å². The van der Waals surface area contributed by atoms with Crippen LogP contribution in [0.2, 0.25) is 0 Å². The Kier molecular flexibility index (Phi) is 4.76. The van der Waals surface area contributed by atoms with Gasteiger partial charge in [-0.15, -0.1) is 0 Å². The van der Waals surface area contributed by atoms with Crippen LogP contribution in [-0.2, 0) is 4.74 Å². The molecule has 0 amide bonds. The molecule has 1 atom stereocenters. The third-order valence-electron chi connectivity index (χ3n) is 5.60. The highest BCUT2D eigenvalue weighted by atomic mass is 16.5. The molecule has 3 aliphatic rings. The summed E-state index contributed by atoms with van der Waals surface area (Å²) in [7, 11) is 0. The second-order valence-electron chi connectivity index (χ2n) is 7.25. The fourth-order valence-electron chi connectivity index (χ4n) is 4.24. The Labute approximate surface area is 138 Å². The molecule has 4 rings (SSSR count). The minimum absolute atomic E-state index is 0.542. The molecule has 1 aromatic rings. The molecule has 1 N–H and O–H groups in total. The number of ether oxygens (including phenoxy) is 1. The van der Waals surface area contributed by atoms with E-state index in [0.29, 0.717) is 12.0 Å². The first-order chi connectivity index (χ1) is 11.4. The van der Waals surface area contributed by atoms with Crippen molar-refractivity contribution in [1.29, 1.82) is 0 Å². The number of nitrogens with zero attached hydrogens (tertiary/aromatic N) is 3. The molecule has 3 heterocycles. The van der Waals surface area contributed by atoms with Crippen molar-refractivity contribution in [2.75, 3.05) is 31.2 Å². The van der Waals surface area contributed by atoms with Crippen molar-refractivity contribution in [2.24, 2.45) is 0 Å². The Hall–Kier alpha value is -1.20. The summed E-state index contributed by atoms with van der Waals surface area (Å²) in [4.78, 5) is 11.8. The van der Waals surface area contributed by atoms with Crippen LogP contribution in [0.3, 0.4) is 0 Å². The van der Waals surface area contributed by atoms with Crippen molar-refractivity contribution in [3.05, 3.63) is 18.0 Å². The number of hydrogen-bond donors (Lipinski definition) is 1. The minimum atomic E-state index is 0.542. The SMILES string of the molecule is c1cc(C2CCOCC2)nc(N2CCC(NC3CCCC3)C2)n1. The third kappa shape index (κ3) is 3.66. The first-order valence-electron chi connectivity index (χ1n) is 9.30. The summed E-state index contributed by atoms with van der Waals surface area (Å²) in [5.74, 6) is 1.46. The Morgan fingerprint density at radius 3 is 2.70 bits per heavy atom. The predicted molar refractivity (Wildman–Crippen MR) is 90.8 cm³/mol. The van der Waals surface area contributed by atoms with Gasteiger partial charge in [-0.05, 0) is 38.2 Å². The maximum atomic E-state index is 5.47. The molecular formula is C18H28N4O. The standard InChI is InChI=1S/C18H28N4O/c1-2-4-15(3-1)20-16-6-10-22(13-16)18-19-9-5-17(21-18)14-7-11-23-12-8-14/h5,9,14-16,20H,1-4,6-8,10-13H2. The summed E-state index contributed by atoms with van der Waals surface area (Å²) in [5, 5.41) is 3.84. The van der Waals surface area contributed by atoms with E-state index in [0.717, 1.165) is 51.1 Å². The molecule has 3 fully saturated rings. The zero-order chi connectivity index (χ0) is 15.5. The molecule has 1 aromatic heterocycles. The van der Waals surface area contributed by atoms with Gasteiger partial charge in [-0.1, -0.05) is 12.8 Å². The number of hydrogen-bond acceptors (Lipinski definition) is 5. The van der Waals surface area contributed by atoms with Gasteiger partial charge in [-0.25, -0.2) is 9.97 Å². The molecule has 2 aliphatic heterocycles. The molecule has 0 aromatic carbocycles. The lowest BCUT2D eigenvalue weighted by Crippen LogP contribution is -2.38. The van der Waals surface area contributed by atoms with Gasteiger partial charge in [0.15, 0.2) is 0 Å². The Morgan fingerprint density at radius 1 is 1.04 bits per heavy atom. The lowest BCUT2D eigenvalue weighted by Gasteiger charge is -2.23. The van der Waals surface area contributed by atoms with Crippen molar-refractivity contribution >= 4 is 5.95 Å². The number of anilines is 1. The topological polar surface area (TPSA) is 50.3 Å². The summed E-state index contributed by atoms with van der Waals surface area (Å²) in [6.07, 6.45) is 10.8. The lowest BCUT2D eigenvalue weighted by atomic mass is 9.96. The van der Waals surface area contributed by atoms with Crippen LogP contribution >= 0.6 is 0 Å². The van der Waals surface area contributed by atoms with E-state index in [1.807, 2.05) is 6.20 Å². The van der Waals surface area contributed by atoms with Crippen LogP contribution in [0.25, 0.3) is 0 Å². The summed E-state index contributed by atoms with van der Waals surface area (Å²) in [5.41, 5.74) is 1.20. The fourth-order valence-corrected chi connectivity index (χ4v) is 4.24. The Morgan fingerprint density at radius 2 is 1.87 bits per heavy atom. The number of nitrogens with one attached hydrogen (secondary N) is 1. The van der Waals surface area contributed by atoms with Gasteiger partial charge in [0.1, 0.15) is 0 Å². The van der Waals surface area contributed by atoms with E-state index in [9.17, 15) is 0 Å². The quantitative estimate of drug-likeness (QED) is 0.925. The molecule has 0 bridgehead atoms. The zero-order valence-electron chi connectivity index (χ0n) is 13.9. The van der Waals surface area contributed by atoms with Crippen LogP contribution in [0.1, 0.15) is 56.6 Å². The van der Waals surface area contributed by atoms with E-state index in [4.69, 9.17) is 9.72 Å². The van der Waals surface area contributed by atoms with Gasteiger partial charge in [0.25, 0.3) is 0 Å². The predicted octanol–water partition coefficient (Wildman–Crippen LogP) is 2.48. The van der Waals surface area contributed by atoms with Crippen molar-refractivity contribution in [2.45, 2.75) is 62.9 Å². The first-order valence-corrected chi connectivity index (χ1v) is 9.30. The number of rotatable bonds is 4. The van der Waals surface area contributed by atoms with Gasteiger partial charge in [0.2, 0.25) is 5.95 Å². The van der Waals surface area contributed by atoms with Crippen LogP contribution in [0.5, 0.6) is 0 Å². The van der Waals surface area contributed by atoms with E-state index in [1.54, 1.807) is 0 Å². The molecule has 5 heteroatoms. The Balaban J connectivity index is 1.38. The monoisotopic (exact) mass is 316 g/mol. The molecular weight excluding hydrogens is 288 g/mol. The molecule has 1 unspecified atom stereocenters. The van der Waals surface area contributed by atoms with Gasteiger partial charge in [0, 0.05) is 56.2 Å². The normalized spacial score (nSPS) is 27.0. The molecule has 2 saturated heterocycles. The highest BCUT2D eigenvalue weighted by Gasteiger charge is 2.28. The van der Waals surface area contributed by atoms with Crippen molar-refractivity contribution < 1.29 is 4.74 Å². The van der Waals surface area contributed by atoms with Gasteiger partial charge >= 0.3 is 0 Å². The summed E-state index contributed by atoms with van der Waals surface area (Å²) in [6.45, 7) is 3.84. The van der Waals surface area contributed by atoms with Gasteiger partial charge < -0.3 is 15.0 Å². The molecule has 1 aliphatic carbocycles. The highest BCUT2D eigenvalue weighted by molar-refractivity contribution is 5.33. The van der Waals surface area contributed by atoms with E-state index in [-0.39, 0.29) is 0 Å². The van der Waals surface area contributed by atoms with E-state index < -0.39 is 0 Å². The Bertz CT molecular complexity index is 511. The van der Waals surface area contributed by atoms with Crippen molar-refractivity contribution in [3.63, 3.8) is 0 Å². The number of aromatic nitrogens is 2. The summed E-state index contributed by atoms with van der Waals surface area (Å²) < 4.78 is 5.47. The maximum absolute atomic E-state index is 5.47. The molecule has 0 radical (unpaired) electrons. The molecule has 1 saturated carbocycles. The second-order valence-corrected chi connectivity index (χ2v) is 7.25. The zero-order valence-corrected chi connectivity index (χ0v) is 13.9. The fraction of sp³-hybridized carbons (Fsp3) is 0.778. The van der Waals surface area contributed by atoms with Crippen LogP contribution in [0.15, 0.2) is 12.3 Å². The average Bonchev–Trinajstić information content (AvgIpc) is 3.28. The van der Waals surface area contributed by atoms with Gasteiger partial charge in [-0.3, -0.25) is 0 Å². The molecule has 0 spiro atoms.